The molecule has 2 rings (SSSR count). The molecule has 0 fully saturated rings. The Balaban J connectivity index is 2.38. The molecule has 100 valence electrons. The van der Waals surface area contributed by atoms with Gasteiger partial charge in [0.25, 0.3) is 0 Å². The number of rotatable bonds is 4. The third kappa shape index (κ3) is 3.62. The summed E-state index contributed by atoms with van der Waals surface area (Å²) in [6.07, 6.45) is 0. The van der Waals surface area contributed by atoms with E-state index in [9.17, 15) is 0 Å². The predicted molar refractivity (Wildman–Crippen MR) is 84.1 cm³/mol. The third-order valence-corrected chi connectivity index (χ3v) is 4.06. The van der Waals surface area contributed by atoms with Crippen LogP contribution in [0.5, 0.6) is 0 Å². The maximum absolute atomic E-state index is 6.24. The Kier molecular flexibility index (Phi) is 5.08. The van der Waals surface area contributed by atoms with Gasteiger partial charge in [-0.05, 0) is 18.2 Å². The predicted octanol–water partition coefficient (Wildman–Crippen LogP) is 5.01. The zero-order chi connectivity index (χ0) is 13.8. The molecule has 1 aromatic heterocycles. The van der Waals surface area contributed by atoms with E-state index in [1.165, 1.54) is 5.56 Å². The van der Waals surface area contributed by atoms with Gasteiger partial charge in [0.15, 0.2) is 0 Å². The van der Waals surface area contributed by atoms with Gasteiger partial charge in [0, 0.05) is 0 Å². The SMILES string of the molecule is CCSCc1nc(Cl)c(-c2ccc(C)cc2)c(Cl)n1. The van der Waals surface area contributed by atoms with Crippen LogP contribution in [0.15, 0.2) is 24.3 Å². The average Bonchev–Trinajstić information content (AvgIpc) is 2.38. The third-order valence-electron chi connectivity index (χ3n) is 2.64. The van der Waals surface area contributed by atoms with Gasteiger partial charge in [-0.15, -0.1) is 0 Å². The highest BCUT2D eigenvalue weighted by atomic mass is 35.5. The number of halogens is 2. The summed E-state index contributed by atoms with van der Waals surface area (Å²) < 4.78 is 0. The maximum Gasteiger partial charge on any atom is 0.142 e. The molecule has 0 bridgehead atoms. The first-order valence-electron chi connectivity index (χ1n) is 5.98. The first-order valence-corrected chi connectivity index (χ1v) is 7.89. The highest BCUT2D eigenvalue weighted by Gasteiger charge is 2.13. The van der Waals surface area contributed by atoms with Crippen LogP contribution in [0.3, 0.4) is 0 Å². The number of aryl methyl sites for hydroxylation is 1. The molecule has 0 radical (unpaired) electrons. The van der Waals surface area contributed by atoms with Gasteiger partial charge in [-0.1, -0.05) is 60.0 Å². The molecule has 0 saturated heterocycles. The normalized spacial score (nSPS) is 10.7. The minimum absolute atomic E-state index is 0.413. The molecule has 0 saturated carbocycles. The lowest BCUT2D eigenvalue weighted by atomic mass is 10.1. The summed E-state index contributed by atoms with van der Waals surface area (Å²) in [6, 6.07) is 7.99. The molecule has 0 unspecified atom stereocenters. The number of aromatic nitrogens is 2. The van der Waals surface area contributed by atoms with Crippen LogP contribution in [0, 0.1) is 6.92 Å². The van der Waals surface area contributed by atoms with Crippen LogP contribution in [-0.4, -0.2) is 15.7 Å². The molecule has 5 heteroatoms. The molecule has 0 atom stereocenters. The second-order valence-electron chi connectivity index (χ2n) is 4.10. The zero-order valence-corrected chi connectivity index (χ0v) is 13.1. The van der Waals surface area contributed by atoms with Crippen molar-refractivity contribution >= 4 is 35.0 Å². The second kappa shape index (κ2) is 6.60. The van der Waals surface area contributed by atoms with Crippen LogP contribution in [0.2, 0.25) is 10.3 Å². The number of hydrogen-bond donors (Lipinski definition) is 0. The van der Waals surface area contributed by atoms with Gasteiger partial charge in [0.1, 0.15) is 16.1 Å². The summed E-state index contributed by atoms with van der Waals surface area (Å²) in [5.41, 5.74) is 2.83. The van der Waals surface area contributed by atoms with E-state index in [2.05, 4.69) is 16.9 Å². The Morgan fingerprint density at radius 1 is 1.05 bits per heavy atom. The fourth-order valence-corrected chi connectivity index (χ4v) is 2.82. The molecular weight excluding hydrogens is 299 g/mol. The van der Waals surface area contributed by atoms with Gasteiger partial charge < -0.3 is 0 Å². The Labute approximate surface area is 127 Å². The molecule has 0 aliphatic heterocycles. The van der Waals surface area contributed by atoms with Crippen molar-refractivity contribution in [2.24, 2.45) is 0 Å². The average molecular weight is 313 g/mol. The number of hydrogen-bond acceptors (Lipinski definition) is 3. The van der Waals surface area contributed by atoms with E-state index >= 15 is 0 Å². The van der Waals surface area contributed by atoms with Gasteiger partial charge in [-0.25, -0.2) is 9.97 Å². The Morgan fingerprint density at radius 2 is 1.63 bits per heavy atom. The first-order chi connectivity index (χ1) is 9.11. The second-order valence-corrected chi connectivity index (χ2v) is 6.09. The fraction of sp³-hybridized carbons (Fsp3) is 0.286. The molecule has 0 aliphatic carbocycles. The van der Waals surface area contributed by atoms with Gasteiger partial charge in [-0.3, -0.25) is 0 Å². The van der Waals surface area contributed by atoms with Crippen molar-refractivity contribution in [2.45, 2.75) is 19.6 Å². The molecule has 0 aliphatic rings. The van der Waals surface area contributed by atoms with Gasteiger partial charge in [-0.2, -0.15) is 11.8 Å². The summed E-state index contributed by atoms with van der Waals surface area (Å²) in [4.78, 5) is 8.64. The van der Waals surface area contributed by atoms with Crippen LogP contribution in [0.1, 0.15) is 18.3 Å². The van der Waals surface area contributed by atoms with Crippen LogP contribution in [0.4, 0.5) is 0 Å². The van der Waals surface area contributed by atoms with E-state index in [1.807, 2.05) is 31.2 Å². The Bertz CT molecular complexity index is 547. The molecule has 0 spiro atoms. The van der Waals surface area contributed by atoms with Crippen LogP contribution < -0.4 is 0 Å². The zero-order valence-electron chi connectivity index (χ0n) is 10.8. The van der Waals surface area contributed by atoms with Crippen LogP contribution in [0.25, 0.3) is 11.1 Å². The van der Waals surface area contributed by atoms with Crippen molar-refractivity contribution < 1.29 is 0 Å². The molecule has 19 heavy (non-hydrogen) atoms. The molecule has 1 heterocycles. The van der Waals surface area contributed by atoms with E-state index in [0.29, 0.717) is 21.7 Å². The summed E-state index contributed by atoms with van der Waals surface area (Å²) in [7, 11) is 0. The molecule has 0 amide bonds. The highest BCUT2D eigenvalue weighted by molar-refractivity contribution is 7.98. The van der Waals surface area contributed by atoms with Crippen molar-refractivity contribution in [3.63, 3.8) is 0 Å². The summed E-state index contributed by atoms with van der Waals surface area (Å²) in [6.45, 7) is 4.13. The Morgan fingerprint density at radius 3 is 2.16 bits per heavy atom. The number of thioether (sulfide) groups is 1. The van der Waals surface area contributed by atoms with Crippen molar-refractivity contribution in [3.05, 3.63) is 46.0 Å². The van der Waals surface area contributed by atoms with Gasteiger partial charge in [0.2, 0.25) is 0 Å². The lowest BCUT2D eigenvalue weighted by Gasteiger charge is -2.08. The summed E-state index contributed by atoms with van der Waals surface area (Å²) in [5.74, 6) is 2.42. The topological polar surface area (TPSA) is 25.8 Å². The minimum atomic E-state index is 0.413. The van der Waals surface area contributed by atoms with E-state index in [4.69, 9.17) is 23.2 Å². The van der Waals surface area contributed by atoms with E-state index in [-0.39, 0.29) is 0 Å². The lowest BCUT2D eigenvalue weighted by Crippen LogP contribution is -1.97. The maximum atomic E-state index is 6.24. The van der Waals surface area contributed by atoms with Crippen molar-refractivity contribution in [3.8, 4) is 11.1 Å². The summed E-state index contributed by atoms with van der Waals surface area (Å²) in [5, 5.41) is 0.825. The Hall–Kier alpha value is -0.770. The van der Waals surface area contributed by atoms with Crippen molar-refractivity contribution in [1.82, 2.24) is 9.97 Å². The van der Waals surface area contributed by atoms with Gasteiger partial charge >= 0.3 is 0 Å². The smallest absolute Gasteiger partial charge is 0.142 e. The summed E-state index contributed by atoms with van der Waals surface area (Å²) >= 11 is 14.2. The van der Waals surface area contributed by atoms with Crippen LogP contribution in [-0.2, 0) is 5.75 Å². The minimum Gasteiger partial charge on any atom is -0.220 e. The molecule has 1 aromatic carbocycles. The standard InChI is InChI=1S/C14H14Cl2N2S/c1-3-19-8-11-17-13(15)12(14(16)18-11)10-6-4-9(2)5-7-10/h4-7H,3,8H2,1-2H3. The first kappa shape index (κ1) is 14.6. The quantitative estimate of drug-likeness (QED) is 0.742. The molecule has 0 N–H and O–H groups in total. The number of benzene rings is 1. The van der Waals surface area contributed by atoms with Crippen molar-refractivity contribution in [1.29, 1.82) is 0 Å². The lowest BCUT2D eigenvalue weighted by molar-refractivity contribution is 1.04. The molecule has 2 aromatic rings. The van der Waals surface area contributed by atoms with E-state index in [1.54, 1.807) is 11.8 Å². The van der Waals surface area contributed by atoms with Gasteiger partial charge in [0.05, 0.1) is 11.3 Å². The van der Waals surface area contributed by atoms with E-state index < -0.39 is 0 Å². The fourth-order valence-electron chi connectivity index (χ4n) is 1.66. The number of nitrogens with zero attached hydrogens (tertiary/aromatic N) is 2. The molecular formula is C14H14Cl2N2S. The molecule has 2 nitrogen and oxygen atoms in total. The van der Waals surface area contributed by atoms with Crippen LogP contribution >= 0.6 is 35.0 Å². The monoisotopic (exact) mass is 312 g/mol. The largest absolute Gasteiger partial charge is 0.220 e. The highest BCUT2D eigenvalue weighted by Crippen LogP contribution is 2.32. The van der Waals surface area contributed by atoms with Crippen molar-refractivity contribution in [2.75, 3.05) is 5.75 Å². The van der Waals surface area contributed by atoms with E-state index in [0.717, 1.165) is 17.1 Å².